The maximum absolute atomic E-state index is 13.0. The standard InChI is InChI=1S/C44H82O5/c1-3-5-7-9-11-13-15-17-19-21-23-25-27-29-31-33-37-47-43(45)41-39-35-36-40(49-39)42(41)44(46)48-38-34-32-30-28-26-24-22-20-18-16-14-12-10-8-6-4-2/h39-42H,3-38H2,1-2H3. The fraction of sp³-hybridized carbons (Fsp3) is 0.955. The molecule has 4 unspecified atom stereocenters. The minimum Gasteiger partial charge on any atom is -0.465 e. The highest BCUT2D eigenvalue weighted by molar-refractivity contribution is 5.84. The van der Waals surface area contributed by atoms with E-state index in [1.807, 2.05) is 0 Å². The molecule has 5 heteroatoms. The predicted molar refractivity (Wildman–Crippen MR) is 206 cm³/mol. The first-order chi connectivity index (χ1) is 24.2. The summed E-state index contributed by atoms with van der Waals surface area (Å²) in [5.41, 5.74) is 0. The van der Waals surface area contributed by atoms with E-state index in [9.17, 15) is 9.59 Å². The molecule has 2 heterocycles. The van der Waals surface area contributed by atoms with Crippen molar-refractivity contribution in [1.29, 1.82) is 0 Å². The number of unbranched alkanes of at least 4 members (excludes halogenated alkanes) is 30. The lowest BCUT2D eigenvalue weighted by molar-refractivity contribution is -0.161. The quantitative estimate of drug-likeness (QED) is 0.0484. The van der Waals surface area contributed by atoms with Crippen molar-refractivity contribution in [3.8, 4) is 0 Å². The summed E-state index contributed by atoms with van der Waals surface area (Å²) < 4.78 is 17.4. The highest BCUT2D eigenvalue weighted by Gasteiger charge is 2.56. The average molecular weight is 691 g/mol. The van der Waals surface area contributed by atoms with E-state index in [1.165, 1.54) is 180 Å². The van der Waals surface area contributed by atoms with Crippen molar-refractivity contribution in [3.63, 3.8) is 0 Å². The van der Waals surface area contributed by atoms with Gasteiger partial charge in [-0.2, -0.15) is 0 Å². The van der Waals surface area contributed by atoms with Gasteiger partial charge in [-0.3, -0.25) is 9.59 Å². The third-order valence-corrected chi connectivity index (χ3v) is 11.3. The molecule has 0 aromatic carbocycles. The second-order valence-corrected chi connectivity index (χ2v) is 15.8. The van der Waals surface area contributed by atoms with Gasteiger partial charge in [0.15, 0.2) is 0 Å². The lowest BCUT2D eigenvalue weighted by Gasteiger charge is -2.25. The molecule has 0 aliphatic carbocycles. The fourth-order valence-electron chi connectivity index (χ4n) is 8.12. The van der Waals surface area contributed by atoms with Gasteiger partial charge >= 0.3 is 11.9 Å². The Morgan fingerprint density at radius 1 is 0.388 bits per heavy atom. The first kappa shape index (κ1) is 44.1. The van der Waals surface area contributed by atoms with Crippen molar-refractivity contribution >= 4 is 11.9 Å². The summed E-state index contributed by atoms with van der Waals surface area (Å²) in [6, 6.07) is 0. The number of rotatable bonds is 36. The van der Waals surface area contributed by atoms with Gasteiger partial charge in [0.25, 0.3) is 0 Å². The van der Waals surface area contributed by atoms with Crippen LogP contribution in [0.1, 0.15) is 232 Å². The number of carbonyl (C=O) groups is 2. The second-order valence-electron chi connectivity index (χ2n) is 15.8. The van der Waals surface area contributed by atoms with Crippen molar-refractivity contribution < 1.29 is 23.8 Å². The molecule has 2 rings (SSSR count). The van der Waals surface area contributed by atoms with Crippen LogP contribution in [0.3, 0.4) is 0 Å². The predicted octanol–water partition coefficient (Wildman–Crippen LogP) is 13.4. The van der Waals surface area contributed by atoms with Crippen molar-refractivity contribution in [1.82, 2.24) is 0 Å². The fourth-order valence-corrected chi connectivity index (χ4v) is 8.12. The normalized spacial score (nSPS) is 19.9. The molecule has 4 atom stereocenters. The van der Waals surface area contributed by atoms with E-state index >= 15 is 0 Å². The monoisotopic (exact) mass is 691 g/mol. The SMILES string of the molecule is CCCCCCCCCCCCCCCCCCOC(=O)C1C2CCC(O2)C1C(=O)OCCCCCCCCCCCCCCCCCC. The molecule has 0 amide bonds. The van der Waals surface area contributed by atoms with E-state index < -0.39 is 11.8 Å². The molecule has 0 radical (unpaired) electrons. The summed E-state index contributed by atoms with van der Waals surface area (Å²) in [5.74, 6) is -1.48. The lowest BCUT2D eigenvalue weighted by Crippen LogP contribution is -2.40. The number of ether oxygens (including phenoxy) is 3. The first-order valence-corrected chi connectivity index (χ1v) is 22.2. The van der Waals surface area contributed by atoms with E-state index in [4.69, 9.17) is 14.2 Å². The van der Waals surface area contributed by atoms with Gasteiger partial charge < -0.3 is 14.2 Å². The van der Waals surface area contributed by atoms with Gasteiger partial charge in [-0.05, 0) is 25.7 Å². The van der Waals surface area contributed by atoms with Gasteiger partial charge in [-0.15, -0.1) is 0 Å². The third-order valence-electron chi connectivity index (χ3n) is 11.3. The Morgan fingerprint density at radius 2 is 0.612 bits per heavy atom. The van der Waals surface area contributed by atoms with Crippen LogP contribution in [0, 0.1) is 11.8 Å². The Morgan fingerprint density at radius 3 is 0.857 bits per heavy atom. The van der Waals surface area contributed by atoms with E-state index in [0.717, 1.165) is 38.5 Å². The van der Waals surface area contributed by atoms with E-state index in [1.54, 1.807) is 0 Å². The van der Waals surface area contributed by atoms with Crippen LogP contribution >= 0.6 is 0 Å². The van der Waals surface area contributed by atoms with Crippen LogP contribution in [0.2, 0.25) is 0 Å². The molecule has 49 heavy (non-hydrogen) atoms. The summed E-state index contributed by atoms with van der Waals surface area (Å²) in [6.07, 6.45) is 43.7. The van der Waals surface area contributed by atoms with Gasteiger partial charge in [0.2, 0.25) is 0 Å². The van der Waals surface area contributed by atoms with E-state index in [-0.39, 0.29) is 24.1 Å². The zero-order chi connectivity index (χ0) is 35.0. The maximum Gasteiger partial charge on any atom is 0.312 e. The Hall–Kier alpha value is -1.10. The Labute approximate surface area is 304 Å². The largest absolute Gasteiger partial charge is 0.465 e. The summed E-state index contributed by atoms with van der Waals surface area (Å²) in [6.45, 7) is 5.47. The van der Waals surface area contributed by atoms with Crippen LogP contribution in [0.4, 0.5) is 0 Å². The summed E-state index contributed by atoms with van der Waals surface area (Å²) in [7, 11) is 0. The molecule has 5 nitrogen and oxygen atoms in total. The number of esters is 2. The molecule has 0 spiro atoms. The summed E-state index contributed by atoms with van der Waals surface area (Å²) in [5, 5.41) is 0. The van der Waals surface area contributed by atoms with Crippen LogP contribution in [0.25, 0.3) is 0 Å². The van der Waals surface area contributed by atoms with E-state index in [2.05, 4.69) is 13.8 Å². The number of carbonyl (C=O) groups excluding carboxylic acids is 2. The van der Waals surface area contributed by atoms with Gasteiger partial charge in [0.1, 0.15) is 0 Å². The molecule has 288 valence electrons. The van der Waals surface area contributed by atoms with Crippen LogP contribution in [0.5, 0.6) is 0 Å². The van der Waals surface area contributed by atoms with E-state index in [0.29, 0.717) is 13.2 Å². The van der Waals surface area contributed by atoms with Gasteiger partial charge in [0.05, 0.1) is 37.3 Å². The zero-order valence-corrected chi connectivity index (χ0v) is 32.8. The van der Waals surface area contributed by atoms with Crippen LogP contribution < -0.4 is 0 Å². The molecule has 2 saturated heterocycles. The molecule has 0 N–H and O–H groups in total. The highest BCUT2D eigenvalue weighted by atomic mass is 16.6. The summed E-state index contributed by atoms with van der Waals surface area (Å²) >= 11 is 0. The van der Waals surface area contributed by atoms with Crippen molar-refractivity contribution in [2.45, 2.75) is 244 Å². The molecule has 0 aromatic heterocycles. The van der Waals surface area contributed by atoms with Crippen molar-refractivity contribution in [2.75, 3.05) is 13.2 Å². The summed E-state index contributed by atoms with van der Waals surface area (Å²) in [4.78, 5) is 26.1. The molecule has 2 bridgehead atoms. The minimum absolute atomic E-state index is 0.184. The molecule has 2 aliphatic heterocycles. The third kappa shape index (κ3) is 21.8. The molecule has 2 aliphatic rings. The Balaban J connectivity index is 1.40. The molecular weight excluding hydrogens is 608 g/mol. The topological polar surface area (TPSA) is 61.8 Å². The van der Waals surface area contributed by atoms with Crippen LogP contribution in [-0.2, 0) is 23.8 Å². The van der Waals surface area contributed by atoms with Crippen molar-refractivity contribution in [2.24, 2.45) is 11.8 Å². The average Bonchev–Trinajstić information content (AvgIpc) is 3.73. The number of fused-ring (bicyclic) bond motifs is 2. The maximum atomic E-state index is 13.0. The Kier molecular flexibility index (Phi) is 28.4. The minimum atomic E-state index is -0.488. The van der Waals surface area contributed by atoms with Crippen LogP contribution in [-0.4, -0.2) is 37.4 Å². The second kappa shape index (κ2) is 31.6. The highest BCUT2D eigenvalue weighted by Crippen LogP contribution is 2.44. The van der Waals surface area contributed by atoms with Crippen molar-refractivity contribution in [3.05, 3.63) is 0 Å². The van der Waals surface area contributed by atoms with Gasteiger partial charge in [-0.25, -0.2) is 0 Å². The first-order valence-electron chi connectivity index (χ1n) is 22.2. The number of hydrogen-bond donors (Lipinski definition) is 0. The molecule has 2 fully saturated rings. The Bertz CT molecular complexity index is 706. The number of hydrogen-bond acceptors (Lipinski definition) is 5. The van der Waals surface area contributed by atoms with Gasteiger partial charge in [-0.1, -0.05) is 206 Å². The lowest BCUT2D eigenvalue weighted by atomic mass is 9.79. The zero-order valence-electron chi connectivity index (χ0n) is 32.8. The smallest absolute Gasteiger partial charge is 0.312 e. The molecule has 0 aromatic rings. The van der Waals surface area contributed by atoms with Crippen LogP contribution in [0.15, 0.2) is 0 Å². The molecule has 0 saturated carbocycles. The molecular formula is C44H82O5. The van der Waals surface area contributed by atoms with Gasteiger partial charge in [0, 0.05) is 0 Å².